The van der Waals surface area contributed by atoms with Gasteiger partial charge in [-0.3, -0.25) is 4.79 Å². The molecule has 0 spiro atoms. The zero-order chi connectivity index (χ0) is 11.4. The Balaban J connectivity index is 2.62. The average Bonchev–Trinajstić information content (AvgIpc) is 2.65. The molecule has 86 valence electrons. The molecule has 1 unspecified atom stereocenters. The minimum absolute atomic E-state index is 0.221. The van der Waals surface area contributed by atoms with Crippen molar-refractivity contribution in [3.8, 4) is 0 Å². The molecule has 0 saturated carbocycles. The quantitative estimate of drug-likeness (QED) is 0.699. The van der Waals surface area contributed by atoms with E-state index < -0.39 is 18.1 Å². The van der Waals surface area contributed by atoms with Crippen LogP contribution in [0.1, 0.15) is 32.6 Å². The van der Waals surface area contributed by atoms with Crippen molar-refractivity contribution in [2.24, 2.45) is 5.73 Å². The van der Waals surface area contributed by atoms with Crippen LogP contribution >= 0.6 is 0 Å². The van der Waals surface area contributed by atoms with Gasteiger partial charge < -0.3 is 15.7 Å². The standard InChI is InChI=1S/C10H18N2O3/c1-2-4-7(11)9(13)12-6-3-5-8(12)10(14)15/h7-8H,2-6,11H2,1H3,(H,14,15)/t7?,8-/m1/s1. The number of carbonyl (C=O) groups excluding carboxylic acids is 1. The Morgan fingerprint density at radius 1 is 1.60 bits per heavy atom. The second-order valence-electron chi connectivity index (χ2n) is 3.92. The van der Waals surface area contributed by atoms with E-state index >= 15 is 0 Å². The second kappa shape index (κ2) is 5.11. The van der Waals surface area contributed by atoms with Crippen LogP contribution in [-0.4, -0.2) is 40.5 Å². The average molecular weight is 214 g/mol. The molecule has 0 aromatic heterocycles. The number of carboxylic acid groups (broad SMARTS) is 1. The fourth-order valence-electron chi connectivity index (χ4n) is 1.93. The van der Waals surface area contributed by atoms with E-state index in [2.05, 4.69) is 0 Å². The van der Waals surface area contributed by atoms with E-state index in [9.17, 15) is 9.59 Å². The van der Waals surface area contributed by atoms with E-state index in [1.54, 1.807) is 0 Å². The van der Waals surface area contributed by atoms with Crippen LogP contribution < -0.4 is 5.73 Å². The second-order valence-corrected chi connectivity index (χ2v) is 3.92. The molecule has 0 aromatic rings. The van der Waals surface area contributed by atoms with Crippen molar-refractivity contribution in [3.63, 3.8) is 0 Å². The third kappa shape index (κ3) is 2.68. The number of hydrogen-bond acceptors (Lipinski definition) is 3. The van der Waals surface area contributed by atoms with E-state index in [1.165, 1.54) is 4.90 Å². The third-order valence-electron chi connectivity index (χ3n) is 2.74. The normalized spacial score (nSPS) is 22.8. The number of rotatable bonds is 4. The first-order valence-electron chi connectivity index (χ1n) is 5.36. The molecule has 15 heavy (non-hydrogen) atoms. The lowest BCUT2D eigenvalue weighted by molar-refractivity contribution is -0.148. The molecule has 0 bridgehead atoms. The van der Waals surface area contributed by atoms with Crippen LogP contribution in [-0.2, 0) is 9.59 Å². The van der Waals surface area contributed by atoms with Crippen LogP contribution in [0.3, 0.4) is 0 Å². The highest BCUT2D eigenvalue weighted by atomic mass is 16.4. The number of carbonyl (C=O) groups is 2. The summed E-state index contributed by atoms with van der Waals surface area (Å²) in [6, 6.07) is -1.21. The molecule has 3 N–H and O–H groups in total. The fourth-order valence-corrected chi connectivity index (χ4v) is 1.93. The van der Waals surface area contributed by atoms with Crippen molar-refractivity contribution >= 4 is 11.9 Å². The maximum Gasteiger partial charge on any atom is 0.326 e. The van der Waals surface area contributed by atoms with Crippen LogP contribution in [0.15, 0.2) is 0 Å². The molecule has 1 aliphatic rings. The Hall–Kier alpha value is -1.10. The SMILES string of the molecule is CCCC(N)C(=O)N1CCC[C@@H]1C(=O)O. The van der Waals surface area contributed by atoms with Gasteiger partial charge in [0.2, 0.25) is 5.91 Å². The highest BCUT2D eigenvalue weighted by Crippen LogP contribution is 2.18. The monoisotopic (exact) mass is 214 g/mol. The van der Waals surface area contributed by atoms with Gasteiger partial charge in [-0.25, -0.2) is 4.79 Å². The Kier molecular flexibility index (Phi) is 4.08. The summed E-state index contributed by atoms with van der Waals surface area (Å²) in [5.41, 5.74) is 5.69. The van der Waals surface area contributed by atoms with Gasteiger partial charge in [0.25, 0.3) is 0 Å². The Morgan fingerprint density at radius 3 is 2.80 bits per heavy atom. The molecule has 5 heteroatoms. The van der Waals surface area contributed by atoms with E-state index in [0.717, 1.165) is 12.8 Å². The predicted molar refractivity (Wildman–Crippen MR) is 55.3 cm³/mol. The molecule has 1 amide bonds. The summed E-state index contributed by atoms with van der Waals surface area (Å²) < 4.78 is 0. The lowest BCUT2D eigenvalue weighted by Gasteiger charge is -2.24. The summed E-state index contributed by atoms with van der Waals surface area (Å²) in [5.74, 6) is -1.15. The maximum absolute atomic E-state index is 11.8. The predicted octanol–water partition coefficient (Wildman–Crippen LogP) is 0.189. The van der Waals surface area contributed by atoms with Crippen LogP contribution in [0, 0.1) is 0 Å². The summed E-state index contributed by atoms with van der Waals surface area (Å²) in [5, 5.41) is 8.91. The number of aliphatic carboxylic acids is 1. The van der Waals surface area contributed by atoms with E-state index in [0.29, 0.717) is 19.4 Å². The van der Waals surface area contributed by atoms with Crippen molar-refractivity contribution in [2.75, 3.05) is 6.54 Å². The maximum atomic E-state index is 11.8. The molecule has 1 saturated heterocycles. The van der Waals surface area contributed by atoms with Gasteiger partial charge in [0, 0.05) is 6.54 Å². The molecule has 5 nitrogen and oxygen atoms in total. The minimum atomic E-state index is -0.926. The van der Waals surface area contributed by atoms with Gasteiger partial charge >= 0.3 is 5.97 Å². The van der Waals surface area contributed by atoms with Crippen LogP contribution in [0.25, 0.3) is 0 Å². The summed E-state index contributed by atoms with van der Waals surface area (Å²) >= 11 is 0. The smallest absolute Gasteiger partial charge is 0.326 e. The third-order valence-corrected chi connectivity index (χ3v) is 2.74. The fraction of sp³-hybridized carbons (Fsp3) is 0.800. The molecular weight excluding hydrogens is 196 g/mol. The van der Waals surface area contributed by atoms with E-state index in [-0.39, 0.29) is 5.91 Å². The minimum Gasteiger partial charge on any atom is -0.480 e. The topological polar surface area (TPSA) is 83.6 Å². The van der Waals surface area contributed by atoms with Crippen molar-refractivity contribution in [1.29, 1.82) is 0 Å². The van der Waals surface area contributed by atoms with Gasteiger partial charge in [-0.2, -0.15) is 0 Å². The number of nitrogens with zero attached hydrogens (tertiary/aromatic N) is 1. The molecule has 1 fully saturated rings. The molecule has 0 aromatic carbocycles. The van der Waals surface area contributed by atoms with Crippen molar-refractivity contribution < 1.29 is 14.7 Å². The van der Waals surface area contributed by atoms with Crippen molar-refractivity contribution in [3.05, 3.63) is 0 Å². The first kappa shape index (κ1) is 12.0. The number of likely N-dealkylation sites (tertiary alicyclic amines) is 1. The molecule has 2 atom stereocenters. The number of nitrogens with two attached hydrogens (primary N) is 1. The van der Waals surface area contributed by atoms with E-state index in [4.69, 9.17) is 10.8 Å². The van der Waals surface area contributed by atoms with Gasteiger partial charge in [0.05, 0.1) is 6.04 Å². The van der Waals surface area contributed by atoms with Crippen LogP contribution in [0.4, 0.5) is 0 Å². The zero-order valence-corrected chi connectivity index (χ0v) is 8.98. The van der Waals surface area contributed by atoms with Gasteiger partial charge in [0.1, 0.15) is 6.04 Å². The first-order chi connectivity index (χ1) is 7.07. The summed E-state index contributed by atoms with van der Waals surface area (Å²) in [6.45, 7) is 2.47. The molecule has 1 rings (SSSR count). The molecular formula is C10H18N2O3. The summed E-state index contributed by atoms with van der Waals surface area (Å²) in [6.07, 6.45) is 2.74. The van der Waals surface area contributed by atoms with Crippen molar-refractivity contribution in [2.45, 2.75) is 44.7 Å². The number of hydrogen-bond donors (Lipinski definition) is 2. The number of amides is 1. The van der Waals surface area contributed by atoms with Crippen molar-refractivity contribution in [1.82, 2.24) is 4.90 Å². The summed E-state index contributed by atoms with van der Waals surface area (Å²) in [7, 11) is 0. The lowest BCUT2D eigenvalue weighted by Crippen LogP contribution is -2.48. The Bertz CT molecular complexity index is 255. The largest absolute Gasteiger partial charge is 0.480 e. The van der Waals surface area contributed by atoms with Gasteiger partial charge in [-0.1, -0.05) is 13.3 Å². The molecule has 1 aliphatic heterocycles. The zero-order valence-electron chi connectivity index (χ0n) is 8.98. The van der Waals surface area contributed by atoms with Crippen LogP contribution in [0.5, 0.6) is 0 Å². The molecule has 0 radical (unpaired) electrons. The lowest BCUT2D eigenvalue weighted by atomic mass is 10.1. The van der Waals surface area contributed by atoms with Gasteiger partial charge in [0.15, 0.2) is 0 Å². The van der Waals surface area contributed by atoms with Crippen LogP contribution in [0.2, 0.25) is 0 Å². The van der Waals surface area contributed by atoms with Gasteiger partial charge in [-0.15, -0.1) is 0 Å². The molecule has 0 aliphatic carbocycles. The highest BCUT2D eigenvalue weighted by molar-refractivity contribution is 5.87. The summed E-state index contributed by atoms with van der Waals surface area (Å²) in [4.78, 5) is 24.1. The highest BCUT2D eigenvalue weighted by Gasteiger charge is 2.35. The molecule has 1 heterocycles. The number of carboxylic acids is 1. The van der Waals surface area contributed by atoms with Gasteiger partial charge in [-0.05, 0) is 19.3 Å². The first-order valence-corrected chi connectivity index (χ1v) is 5.36. The Labute approximate surface area is 89.2 Å². The Morgan fingerprint density at radius 2 is 2.27 bits per heavy atom. The van der Waals surface area contributed by atoms with E-state index in [1.807, 2.05) is 6.92 Å².